The predicted molar refractivity (Wildman–Crippen MR) is 120 cm³/mol. The SMILES string of the molecule is CC(C)(C)c1ccc(OCCC(=O)OCc2cc(=O)oc3cc4c(cc23)CCC4)cc1. The summed E-state index contributed by atoms with van der Waals surface area (Å²) in [7, 11) is 0. The lowest BCUT2D eigenvalue weighted by Crippen LogP contribution is -2.12. The second kappa shape index (κ2) is 8.58. The molecule has 0 amide bonds. The number of hydrogen-bond acceptors (Lipinski definition) is 5. The van der Waals surface area contributed by atoms with E-state index in [2.05, 4.69) is 26.8 Å². The third-order valence-electron chi connectivity index (χ3n) is 5.73. The van der Waals surface area contributed by atoms with E-state index in [0.717, 1.165) is 30.4 Å². The van der Waals surface area contributed by atoms with E-state index in [9.17, 15) is 9.59 Å². The van der Waals surface area contributed by atoms with Crippen LogP contribution in [0.5, 0.6) is 5.75 Å². The summed E-state index contributed by atoms with van der Waals surface area (Å²) in [6, 6.07) is 13.3. The molecule has 3 aromatic rings. The lowest BCUT2D eigenvalue weighted by atomic mass is 9.87. The van der Waals surface area contributed by atoms with Gasteiger partial charge >= 0.3 is 11.6 Å². The van der Waals surface area contributed by atoms with Crippen LogP contribution in [0.1, 0.15) is 55.9 Å². The summed E-state index contributed by atoms with van der Waals surface area (Å²) < 4.78 is 16.4. The molecule has 1 heterocycles. The molecular weight excluding hydrogens is 392 g/mol. The van der Waals surface area contributed by atoms with Crippen LogP contribution in [0.3, 0.4) is 0 Å². The molecule has 0 bridgehead atoms. The molecule has 0 unspecified atom stereocenters. The summed E-state index contributed by atoms with van der Waals surface area (Å²) >= 11 is 0. The van der Waals surface area contributed by atoms with Crippen LogP contribution in [0.15, 0.2) is 51.7 Å². The van der Waals surface area contributed by atoms with E-state index in [0.29, 0.717) is 11.1 Å². The minimum atomic E-state index is -0.432. The summed E-state index contributed by atoms with van der Waals surface area (Å²) in [5.74, 6) is 0.357. The van der Waals surface area contributed by atoms with Crippen LogP contribution in [0.25, 0.3) is 11.0 Å². The molecule has 0 atom stereocenters. The topological polar surface area (TPSA) is 65.7 Å². The zero-order valence-corrected chi connectivity index (χ0v) is 18.3. The van der Waals surface area contributed by atoms with Crippen LogP contribution in [-0.2, 0) is 34.4 Å². The molecule has 1 aliphatic carbocycles. The molecule has 162 valence electrons. The normalized spacial score (nSPS) is 13.3. The number of carbonyl (C=O) groups is 1. The summed E-state index contributed by atoms with van der Waals surface area (Å²) in [6.07, 6.45) is 3.28. The molecule has 0 saturated carbocycles. The number of benzene rings is 2. The van der Waals surface area contributed by atoms with Crippen LogP contribution in [0.2, 0.25) is 0 Å². The van der Waals surface area contributed by atoms with Gasteiger partial charge < -0.3 is 13.9 Å². The van der Waals surface area contributed by atoms with Gasteiger partial charge in [-0.2, -0.15) is 0 Å². The number of carbonyl (C=O) groups excluding carboxylic acids is 1. The maximum Gasteiger partial charge on any atom is 0.336 e. The Morgan fingerprint density at radius 1 is 1.03 bits per heavy atom. The van der Waals surface area contributed by atoms with Crippen molar-refractivity contribution >= 4 is 16.9 Å². The van der Waals surface area contributed by atoms with Crippen LogP contribution in [0, 0.1) is 0 Å². The molecule has 1 aromatic heterocycles. The van der Waals surface area contributed by atoms with Crippen molar-refractivity contribution in [3.05, 3.63) is 75.1 Å². The first-order valence-electron chi connectivity index (χ1n) is 10.8. The van der Waals surface area contributed by atoms with Crippen LogP contribution >= 0.6 is 0 Å². The van der Waals surface area contributed by atoms with Crippen molar-refractivity contribution in [2.45, 2.75) is 58.5 Å². The maximum atomic E-state index is 12.2. The Kier molecular flexibility index (Phi) is 5.86. The Balaban J connectivity index is 1.34. The Bertz CT molecular complexity index is 1150. The zero-order valence-electron chi connectivity index (χ0n) is 18.3. The fourth-order valence-electron chi connectivity index (χ4n) is 3.95. The molecule has 0 radical (unpaired) electrons. The monoisotopic (exact) mass is 420 g/mol. The lowest BCUT2D eigenvalue weighted by molar-refractivity contribution is -0.145. The van der Waals surface area contributed by atoms with Crippen molar-refractivity contribution in [3.8, 4) is 5.75 Å². The van der Waals surface area contributed by atoms with Crippen molar-refractivity contribution in [1.82, 2.24) is 0 Å². The smallest absolute Gasteiger partial charge is 0.336 e. The first-order chi connectivity index (χ1) is 14.8. The van der Waals surface area contributed by atoms with Crippen LogP contribution < -0.4 is 10.4 Å². The zero-order chi connectivity index (χ0) is 22.0. The minimum Gasteiger partial charge on any atom is -0.493 e. The van der Waals surface area contributed by atoms with Gasteiger partial charge in [-0.05, 0) is 65.6 Å². The standard InChI is InChI=1S/C26H28O5/c1-26(2,3)20-7-9-21(10-8-20)29-12-11-24(27)30-16-19-15-25(28)31-23-14-18-6-4-5-17(18)13-22(19)23/h7-10,13-15H,4-6,11-12,16H2,1-3H3. The van der Waals surface area contributed by atoms with E-state index in [1.165, 1.54) is 22.8 Å². The number of ether oxygens (including phenoxy) is 2. The maximum absolute atomic E-state index is 12.2. The molecule has 0 spiro atoms. The van der Waals surface area contributed by atoms with Gasteiger partial charge in [-0.3, -0.25) is 4.79 Å². The molecule has 5 nitrogen and oxygen atoms in total. The Hall–Kier alpha value is -3.08. The number of rotatable bonds is 6. The van der Waals surface area contributed by atoms with Gasteiger partial charge in [-0.25, -0.2) is 4.79 Å². The average molecular weight is 421 g/mol. The molecule has 5 heteroatoms. The van der Waals surface area contributed by atoms with Crippen molar-refractivity contribution in [1.29, 1.82) is 0 Å². The van der Waals surface area contributed by atoms with Gasteiger partial charge in [-0.15, -0.1) is 0 Å². The van der Waals surface area contributed by atoms with Crippen molar-refractivity contribution in [2.24, 2.45) is 0 Å². The molecule has 2 aromatic carbocycles. The molecule has 0 aliphatic heterocycles. The van der Waals surface area contributed by atoms with Crippen molar-refractivity contribution in [2.75, 3.05) is 6.61 Å². The highest BCUT2D eigenvalue weighted by atomic mass is 16.5. The lowest BCUT2D eigenvalue weighted by Gasteiger charge is -2.19. The van der Waals surface area contributed by atoms with E-state index < -0.39 is 5.63 Å². The summed E-state index contributed by atoms with van der Waals surface area (Å²) in [4.78, 5) is 24.1. The highest BCUT2D eigenvalue weighted by Crippen LogP contribution is 2.29. The quantitative estimate of drug-likeness (QED) is 0.410. The Labute approximate surface area is 182 Å². The number of fused-ring (bicyclic) bond motifs is 2. The molecule has 1 aliphatic rings. The van der Waals surface area contributed by atoms with Crippen LogP contribution in [0.4, 0.5) is 0 Å². The third kappa shape index (κ3) is 4.98. The van der Waals surface area contributed by atoms with Gasteiger partial charge in [0, 0.05) is 17.0 Å². The van der Waals surface area contributed by atoms with Crippen molar-refractivity contribution < 1.29 is 18.7 Å². The Morgan fingerprint density at radius 3 is 2.45 bits per heavy atom. The molecule has 0 N–H and O–H groups in total. The first-order valence-corrected chi connectivity index (χ1v) is 10.8. The highest BCUT2D eigenvalue weighted by molar-refractivity contribution is 5.82. The third-order valence-corrected chi connectivity index (χ3v) is 5.73. The number of hydrogen-bond donors (Lipinski definition) is 0. The van der Waals surface area contributed by atoms with Gasteiger partial charge in [0.15, 0.2) is 0 Å². The van der Waals surface area contributed by atoms with Gasteiger partial charge in [0.05, 0.1) is 13.0 Å². The van der Waals surface area contributed by atoms with E-state index in [4.69, 9.17) is 13.9 Å². The second-order valence-electron chi connectivity index (χ2n) is 9.09. The molecule has 31 heavy (non-hydrogen) atoms. The molecule has 0 saturated heterocycles. The minimum absolute atomic E-state index is 0.0417. The fraction of sp³-hybridized carbons (Fsp3) is 0.385. The Morgan fingerprint density at radius 2 is 1.74 bits per heavy atom. The summed E-state index contributed by atoms with van der Waals surface area (Å²) in [5.41, 5.74) is 4.62. The van der Waals surface area contributed by atoms with E-state index in [-0.39, 0.29) is 31.0 Å². The number of esters is 1. The van der Waals surface area contributed by atoms with Crippen molar-refractivity contribution in [3.63, 3.8) is 0 Å². The molecular formula is C26H28O5. The van der Waals surface area contributed by atoms with Crippen LogP contribution in [-0.4, -0.2) is 12.6 Å². The highest BCUT2D eigenvalue weighted by Gasteiger charge is 2.16. The second-order valence-corrected chi connectivity index (χ2v) is 9.09. The fourth-order valence-corrected chi connectivity index (χ4v) is 3.95. The van der Waals surface area contributed by atoms with Gasteiger partial charge in [0.25, 0.3) is 0 Å². The molecule has 0 fully saturated rings. The van der Waals surface area contributed by atoms with E-state index in [1.54, 1.807) is 0 Å². The summed E-state index contributed by atoms with van der Waals surface area (Å²) in [6.45, 7) is 6.75. The van der Waals surface area contributed by atoms with E-state index >= 15 is 0 Å². The number of aryl methyl sites for hydroxylation is 2. The summed E-state index contributed by atoms with van der Waals surface area (Å²) in [5, 5.41) is 0.836. The average Bonchev–Trinajstić information content (AvgIpc) is 3.17. The van der Waals surface area contributed by atoms with Gasteiger partial charge in [0.2, 0.25) is 0 Å². The van der Waals surface area contributed by atoms with Gasteiger partial charge in [-0.1, -0.05) is 32.9 Å². The largest absolute Gasteiger partial charge is 0.493 e. The van der Waals surface area contributed by atoms with Gasteiger partial charge in [0.1, 0.15) is 17.9 Å². The predicted octanol–water partition coefficient (Wildman–Crippen LogP) is 5.09. The molecule has 4 rings (SSSR count). The first kappa shape index (κ1) is 21.2. The van der Waals surface area contributed by atoms with E-state index in [1.807, 2.05) is 30.3 Å².